The Labute approximate surface area is 146 Å². The molecule has 2 N–H and O–H groups in total. The molecule has 1 aliphatic rings. The summed E-state index contributed by atoms with van der Waals surface area (Å²) in [5.41, 5.74) is 8.39. The van der Waals surface area contributed by atoms with Crippen LogP contribution in [0.15, 0.2) is 30.5 Å². The highest BCUT2D eigenvalue weighted by Gasteiger charge is 2.22. The number of esters is 1. The average Bonchev–Trinajstić information content (AvgIpc) is 2.98. The number of nitrogens with zero attached hydrogens (tertiary/aromatic N) is 4. The molecular formula is C18H21N5O2. The van der Waals surface area contributed by atoms with Crippen LogP contribution >= 0.6 is 0 Å². The Hall–Kier alpha value is -2.98. The van der Waals surface area contributed by atoms with Crippen molar-refractivity contribution in [1.82, 2.24) is 9.47 Å². The van der Waals surface area contributed by atoms with Gasteiger partial charge in [-0.3, -0.25) is 0 Å². The molecule has 0 bridgehead atoms. The van der Waals surface area contributed by atoms with Gasteiger partial charge in [0.1, 0.15) is 6.07 Å². The fraction of sp³-hybridized carbons (Fsp3) is 0.333. The van der Waals surface area contributed by atoms with E-state index in [-0.39, 0.29) is 16.9 Å². The van der Waals surface area contributed by atoms with Gasteiger partial charge in [-0.2, -0.15) is 5.26 Å². The molecule has 25 heavy (non-hydrogen) atoms. The number of carbonyl (C=O) groups is 1. The number of nitrogens with two attached hydrogens (primary N) is 1. The number of rotatable bonds is 3. The molecule has 1 fully saturated rings. The molecule has 0 unspecified atom stereocenters. The Morgan fingerprint density at radius 3 is 2.32 bits per heavy atom. The van der Waals surface area contributed by atoms with E-state index in [0.29, 0.717) is 0 Å². The van der Waals surface area contributed by atoms with Crippen LogP contribution in [0.5, 0.6) is 0 Å². The van der Waals surface area contributed by atoms with Crippen molar-refractivity contribution < 1.29 is 9.53 Å². The predicted octanol–water partition coefficient (Wildman–Crippen LogP) is 1.47. The number of methoxy groups -OCH3 is 1. The topological polar surface area (TPSA) is 87.5 Å². The lowest BCUT2D eigenvalue weighted by Crippen LogP contribution is -2.44. The van der Waals surface area contributed by atoms with Crippen LogP contribution in [0.25, 0.3) is 5.69 Å². The summed E-state index contributed by atoms with van der Waals surface area (Å²) in [6.07, 6.45) is 1.56. The third-order valence-corrected chi connectivity index (χ3v) is 4.54. The van der Waals surface area contributed by atoms with Gasteiger partial charge < -0.3 is 24.8 Å². The van der Waals surface area contributed by atoms with Crippen molar-refractivity contribution in [1.29, 1.82) is 5.26 Å². The van der Waals surface area contributed by atoms with E-state index in [1.165, 1.54) is 7.11 Å². The molecule has 1 aromatic heterocycles. The minimum Gasteiger partial charge on any atom is -0.464 e. The Bertz CT molecular complexity index is 811. The number of nitriles is 1. The van der Waals surface area contributed by atoms with Crippen molar-refractivity contribution in [3.63, 3.8) is 0 Å². The molecule has 0 amide bonds. The number of benzene rings is 1. The van der Waals surface area contributed by atoms with Crippen LogP contribution in [-0.2, 0) is 4.74 Å². The van der Waals surface area contributed by atoms with E-state index < -0.39 is 5.97 Å². The van der Waals surface area contributed by atoms with E-state index in [2.05, 4.69) is 16.8 Å². The minimum atomic E-state index is -0.567. The van der Waals surface area contributed by atoms with E-state index >= 15 is 0 Å². The first-order valence-corrected chi connectivity index (χ1v) is 8.08. The van der Waals surface area contributed by atoms with Crippen LogP contribution in [0.3, 0.4) is 0 Å². The van der Waals surface area contributed by atoms with Crippen molar-refractivity contribution in [3.05, 3.63) is 41.7 Å². The van der Waals surface area contributed by atoms with Gasteiger partial charge in [0.25, 0.3) is 0 Å². The molecule has 0 aliphatic carbocycles. The van der Waals surface area contributed by atoms with E-state index in [1.807, 2.05) is 30.3 Å². The second kappa shape index (κ2) is 6.87. The van der Waals surface area contributed by atoms with Crippen LogP contribution < -0.4 is 10.6 Å². The monoisotopic (exact) mass is 339 g/mol. The number of piperazine rings is 1. The molecular weight excluding hydrogens is 318 g/mol. The molecule has 0 radical (unpaired) electrons. The van der Waals surface area contributed by atoms with E-state index in [9.17, 15) is 10.1 Å². The lowest BCUT2D eigenvalue weighted by Gasteiger charge is -2.34. The predicted molar refractivity (Wildman–Crippen MR) is 95.9 cm³/mol. The fourth-order valence-corrected chi connectivity index (χ4v) is 3.01. The van der Waals surface area contributed by atoms with Crippen molar-refractivity contribution >= 4 is 17.3 Å². The van der Waals surface area contributed by atoms with Gasteiger partial charge in [0.2, 0.25) is 0 Å². The normalized spacial score (nSPS) is 15.0. The Balaban J connectivity index is 1.93. The van der Waals surface area contributed by atoms with Crippen LogP contribution in [0.4, 0.5) is 11.4 Å². The van der Waals surface area contributed by atoms with Gasteiger partial charge in [-0.05, 0) is 31.3 Å². The average molecular weight is 339 g/mol. The zero-order chi connectivity index (χ0) is 18.0. The maximum atomic E-state index is 12.1. The number of anilines is 2. The molecule has 2 heterocycles. The summed E-state index contributed by atoms with van der Waals surface area (Å²) in [7, 11) is 3.42. The molecule has 3 rings (SSSR count). The lowest BCUT2D eigenvalue weighted by molar-refractivity contribution is 0.0593. The maximum absolute atomic E-state index is 12.1. The Kier molecular flexibility index (Phi) is 4.63. The van der Waals surface area contributed by atoms with E-state index in [0.717, 1.165) is 37.6 Å². The molecule has 1 saturated heterocycles. The highest BCUT2D eigenvalue weighted by Crippen LogP contribution is 2.26. The Morgan fingerprint density at radius 2 is 1.76 bits per heavy atom. The summed E-state index contributed by atoms with van der Waals surface area (Å²) >= 11 is 0. The van der Waals surface area contributed by atoms with Crippen LogP contribution in [0.1, 0.15) is 16.1 Å². The summed E-state index contributed by atoms with van der Waals surface area (Å²) in [4.78, 5) is 16.7. The minimum absolute atomic E-state index is 0.137. The molecule has 7 nitrogen and oxygen atoms in total. The molecule has 0 atom stereocenters. The quantitative estimate of drug-likeness (QED) is 0.852. The SMILES string of the molecule is COC(=O)c1c(N)c(C#N)cn1-c1ccc(N2CCN(C)CC2)cc1. The highest BCUT2D eigenvalue weighted by atomic mass is 16.5. The molecule has 0 spiro atoms. The van der Waals surface area contributed by atoms with Crippen molar-refractivity contribution in [3.8, 4) is 11.8 Å². The Morgan fingerprint density at radius 1 is 1.16 bits per heavy atom. The fourth-order valence-electron chi connectivity index (χ4n) is 3.01. The third-order valence-electron chi connectivity index (χ3n) is 4.54. The number of nitrogen functional groups attached to an aromatic ring is 1. The first-order chi connectivity index (χ1) is 12.0. The van der Waals surface area contributed by atoms with Crippen LogP contribution in [-0.4, -0.2) is 55.8 Å². The molecule has 7 heteroatoms. The maximum Gasteiger partial charge on any atom is 0.357 e. The van der Waals surface area contributed by atoms with Crippen molar-refractivity contribution in [2.45, 2.75) is 0 Å². The molecule has 0 saturated carbocycles. The third kappa shape index (κ3) is 3.16. The molecule has 2 aromatic rings. The molecule has 1 aliphatic heterocycles. The summed E-state index contributed by atoms with van der Waals surface area (Å²) in [5.74, 6) is -0.567. The molecule has 1 aromatic carbocycles. The first-order valence-electron chi connectivity index (χ1n) is 8.08. The number of hydrogen-bond donors (Lipinski definition) is 1. The van der Waals surface area contributed by atoms with E-state index in [1.54, 1.807) is 10.8 Å². The standard InChI is InChI=1S/C18H21N5O2/c1-21-7-9-22(10-8-21)14-3-5-15(6-4-14)23-12-13(11-19)16(20)17(23)18(24)25-2/h3-6,12H,7-10,20H2,1-2H3. The lowest BCUT2D eigenvalue weighted by atomic mass is 10.2. The van der Waals surface area contributed by atoms with Gasteiger partial charge in [-0.15, -0.1) is 0 Å². The van der Waals surface area contributed by atoms with E-state index in [4.69, 9.17) is 10.5 Å². The van der Waals surface area contributed by atoms with Crippen LogP contribution in [0, 0.1) is 11.3 Å². The summed E-state index contributed by atoms with van der Waals surface area (Å²) < 4.78 is 6.41. The summed E-state index contributed by atoms with van der Waals surface area (Å²) in [6.45, 7) is 4.04. The number of hydrogen-bond acceptors (Lipinski definition) is 6. The van der Waals surface area contributed by atoms with Gasteiger partial charge in [-0.25, -0.2) is 4.79 Å². The van der Waals surface area contributed by atoms with Gasteiger partial charge in [-0.1, -0.05) is 0 Å². The van der Waals surface area contributed by atoms with Gasteiger partial charge in [0.05, 0.1) is 18.4 Å². The zero-order valence-electron chi connectivity index (χ0n) is 14.4. The summed E-state index contributed by atoms with van der Waals surface area (Å²) in [6, 6.07) is 9.88. The van der Waals surface area contributed by atoms with Gasteiger partial charge >= 0.3 is 5.97 Å². The second-order valence-electron chi connectivity index (χ2n) is 6.09. The largest absolute Gasteiger partial charge is 0.464 e. The van der Waals surface area contributed by atoms with Crippen LogP contribution in [0.2, 0.25) is 0 Å². The number of ether oxygens (including phenoxy) is 1. The van der Waals surface area contributed by atoms with Crippen molar-refractivity contribution in [2.75, 3.05) is 51.0 Å². The number of aromatic nitrogens is 1. The molecule has 130 valence electrons. The zero-order valence-corrected chi connectivity index (χ0v) is 14.4. The number of likely N-dealkylation sites (N-methyl/N-ethyl adjacent to an activating group) is 1. The van der Waals surface area contributed by atoms with Crippen molar-refractivity contribution in [2.24, 2.45) is 0 Å². The van der Waals surface area contributed by atoms with Gasteiger partial charge in [0.15, 0.2) is 5.69 Å². The highest BCUT2D eigenvalue weighted by molar-refractivity contribution is 5.95. The van der Waals surface area contributed by atoms with Gasteiger partial charge in [0, 0.05) is 43.8 Å². The summed E-state index contributed by atoms with van der Waals surface area (Å²) in [5, 5.41) is 9.19. The first kappa shape index (κ1) is 16.9. The second-order valence-corrected chi connectivity index (χ2v) is 6.09. The smallest absolute Gasteiger partial charge is 0.357 e. The number of carbonyl (C=O) groups excluding carboxylic acids is 1.